The van der Waals surface area contributed by atoms with Gasteiger partial charge in [-0.1, -0.05) is 12.1 Å². The smallest absolute Gasteiger partial charge is 0.221 e. The van der Waals surface area contributed by atoms with Crippen LogP contribution in [-0.4, -0.2) is 26.7 Å². The molecule has 0 spiro atoms. The third-order valence-electron chi connectivity index (χ3n) is 3.35. The molecule has 0 unspecified atom stereocenters. The van der Waals surface area contributed by atoms with Crippen LogP contribution in [0.5, 0.6) is 11.5 Å². The van der Waals surface area contributed by atoms with Crippen molar-refractivity contribution in [3.63, 3.8) is 0 Å². The van der Waals surface area contributed by atoms with Crippen LogP contribution in [0.1, 0.15) is 16.9 Å². The fourth-order valence-corrected chi connectivity index (χ4v) is 2.76. The van der Waals surface area contributed by atoms with E-state index in [4.69, 9.17) is 9.47 Å². The topological polar surface area (TPSA) is 59.6 Å². The highest BCUT2D eigenvalue weighted by molar-refractivity contribution is 7.09. The Hall–Kier alpha value is -2.05. The monoisotopic (exact) mass is 334 g/mol. The molecule has 124 valence electrons. The summed E-state index contributed by atoms with van der Waals surface area (Å²) in [7, 11) is 3.23. The van der Waals surface area contributed by atoms with Gasteiger partial charge in [0.15, 0.2) is 11.5 Å². The van der Waals surface area contributed by atoms with Crippen LogP contribution in [0.2, 0.25) is 0 Å². The lowest BCUT2D eigenvalue weighted by atomic mass is 10.2. The highest BCUT2D eigenvalue weighted by atomic mass is 32.1. The van der Waals surface area contributed by atoms with E-state index in [1.165, 1.54) is 0 Å². The van der Waals surface area contributed by atoms with Gasteiger partial charge in [-0.05, 0) is 29.1 Å². The lowest BCUT2D eigenvalue weighted by Crippen LogP contribution is -2.26. The van der Waals surface area contributed by atoms with Crippen molar-refractivity contribution in [1.29, 1.82) is 0 Å². The molecule has 0 aliphatic rings. The van der Waals surface area contributed by atoms with E-state index in [1.807, 2.05) is 35.7 Å². The van der Waals surface area contributed by atoms with Gasteiger partial charge in [0.05, 0.1) is 20.8 Å². The minimum absolute atomic E-state index is 0.0539. The number of thiophene rings is 1. The van der Waals surface area contributed by atoms with E-state index < -0.39 is 0 Å². The summed E-state index contributed by atoms with van der Waals surface area (Å²) in [5, 5.41) is 8.18. The van der Waals surface area contributed by atoms with Crippen LogP contribution in [0, 0.1) is 0 Å². The van der Waals surface area contributed by atoms with Crippen molar-refractivity contribution >= 4 is 17.2 Å². The molecule has 1 aromatic carbocycles. The molecule has 0 atom stereocenters. The molecule has 0 saturated carbocycles. The first-order valence-corrected chi connectivity index (χ1v) is 8.31. The zero-order valence-corrected chi connectivity index (χ0v) is 14.2. The van der Waals surface area contributed by atoms with Crippen molar-refractivity contribution in [3.8, 4) is 11.5 Å². The van der Waals surface area contributed by atoms with Crippen LogP contribution in [0.3, 0.4) is 0 Å². The molecular formula is C17H22N2O3S. The summed E-state index contributed by atoms with van der Waals surface area (Å²) in [6.45, 7) is 1.91. The minimum Gasteiger partial charge on any atom is -0.493 e. The maximum atomic E-state index is 11.8. The van der Waals surface area contributed by atoms with Gasteiger partial charge < -0.3 is 20.1 Å². The molecule has 0 saturated heterocycles. The maximum absolute atomic E-state index is 11.8. The van der Waals surface area contributed by atoms with Gasteiger partial charge in [0.25, 0.3) is 0 Å². The molecule has 1 amide bonds. The number of methoxy groups -OCH3 is 2. The summed E-state index contributed by atoms with van der Waals surface area (Å²) in [5.74, 6) is 1.47. The Morgan fingerprint density at radius 1 is 1.13 bits per heavy atom. The molecule has 0 bridgehead atoms. The molecule has 1 aromatic heterocycles. The van der Waals surface area contributed by atoms with Crippen molar-refractivity contribution in [1.82, 2.24) is 10.6 Å². The lowest BCUT2D eigenvalue weighted by molar-refractivity contribution is -0.121. The highest BCUT2D eigenvalue weighted by Crippen LogP contribution is 2.27. The van der Waals surface area contributed by atoms with Crippen LogP contribution in [0.25, 0.3) is 0 Å². The number of hydrogen-bond donors (Lipinski definition) is 2. The normalized spacial score (nSPS) is 10.3. The lowest BCUT2D eigenvalue weighted by Gasteiger charge is -2.10. The van der Waals surface area contributed by atoms with Crippen molar-refractivity contribution in [2.75, 3.05) is 20.8 Å². The fraction of sp³-hybridized carbons (Fsp3) is 0.353. The SMILES string of the molecule is COc1ccc(CNCCC(=O)NCc2cccs2)cc1OC. The molecule has 0 radical (unpaired) electrons. The molecule has 1 heterocycles. The predicted molar refractivity (Wildman–Crippen MR) is 92.0 cm³/mol. The summed E-state index contributed by atoms with van der Waals surface area (Å²) in [5.41, 5.74) is 1.08. The molecule has 2 rings (SSSR count). The van der Waals surface area contributed by atoms with E-state index in [0.29, 0.717) is 37.6 Å². The number of rotatable bonds is 9. The van der Waals surface area contributed by atoms with Crippen molar-refractivity contribution in [2.45, 2.75) is 19.5 Å². The van der Waals surface area contributed by atoms with Crippen LogP contribution in [0.4, 0.5) is 0 Å². The van der Waals surface area contributed by atoms with Crippen LogP contribution in [0.15, 0.2) is 35.7 Å². The van der Waals surface area contributed by atoms with Gasteiger partial charge in [0, 0.05) is 24.4 Å². The van der Waals surface area contributed by atoms with Gasteiger partial charge in [-0.3, -0.25) is 4.79 Å². The van der Waals surface area contributed by atoms with E-state index >= 15 is 0 Å². The molecule has 5 nitrogen and oxygen atoms in total. The Morgan fingerprint density at radius 2 is 1.96 bits per heavy atom. The van der Waals surface area contributed by atoms with E-state index in [9.17, 15) is 4.79 Å². The molecule has 0 aliphatic heterocycles. The highest BCUT2D eigenvalue weighted by Gasteiger charge is 2.05. The Balaban J connectivity index is 1.67. The first-order valence-electron chi connectivity index (χ1n) is 7.43. The van der Waals surface area contributed by atoms with E-state index in [1.54, 1.807) is 25.6 Å². The summed E-state index contributed by atoms with van der Waals surface area (Å²) >= 11 is 1.64. The van der Waals surface area contributed by atoms with Crippen molar-refractivity contribution < 1.29 is 14.3 Å². The summed E-state index contributed by atoms with van der Waals surface area (Å²) in [6.07, 6.45) is 0.457. The maximum Gasteiger partial charge on any atom is 0.221 e. The Labute approximate surface area is 140 Å². The van der Waals surface area contributed by atoms with Gasteiger partial charge in [0.2, 0.25) is 5.91 Å². The number of ether oxygens (including phenoxy) is 2. The molecule has 23 heavy (non-hydrogen) atoms. The quantitative estimate of drug-likeness (QED) is 0.692. The molecule has 2 aromatic rings. The van der Waals surface area contributed by atoms with Gasteiger partial charge in [-0.15, -0.1) is 11.3 Å². The second kappa shape index (κ2) is 9.17. The average molecular weight is 334 g/mol. The number of amides is 1. The summed E-state index contributed by atoms with van der Waals surface area (Å²) < 4.78 is 10.5. The third-order valence-corrected chi connectivity index (χ3v) is 4.22. The van der Waals surface area contributed by atoms with Gasteiger partial charge in [0.1, 0.15) is 0 Å². The zero-order valence-electron chi connectivity index (χ0n) is 13.4. The van der Waals surface area contributed by atoms with Crippen LogP contribution >= 0.6 is 11.3 Å². The first kappa shape index (κ1) is 17.3. The van der Waals surface area contributed by atoms with Gasteiger partial charge in [-0.25, -0.2) is 0 Å². The van der Waals surface area contributed by atoms with Crippen molar-refractivity contribution in [3.05, 3.63) is 46.2 Å². The minimum atomic E-state index is 0.0539. The number of hydrogen-bond acceptors (Lipinski definition) is 5. The second-order valence-corrected chi connectivity index (χ2v) is 6.00. The van der Waals surface area contributed by atoms with Crippen LogP contribution in [-0.2, 0) is 17.9 Å². The molecule has 2 N–H and O–H groups in total. The van der Waals surface area contributed by atoms with E-state index in [0.717, 1.165) is 10.4 Å². The van der Waals surface area contributed by atoms with Gasteiger partial charge in [-0.2, -0.15) is 0 Å². The molecular weight excluding hydrogens is 312 g/mol. The predicted octanol–water partition coefficient (Wildman–Crippen LogP) is 2.56. The summed E-state index contributed by atoms with van der Waals surface area (Å²) in [6, 6.07) is 9.79. The largest absolute Gasteiger partial charge is 0.493 e. The van der Waals surface area contributed by atoms with E-state index in [-0.39, 0.29) is 5.91 Å². The summed E-state index contributed by atoms with van der Waals surface area (Å²) in [4.78, 5) is 12.9. The average Bonchev–Trinajstić information content (AvgIpc) is 3.10. The Bertz CT molecular complexity index is 614. The Morgan fingerprint density at radius 3 is 2.65 bits per heavy atom. The zero-order chi connectivity index (χ0) is 16.5. The van der Waals surface area contributed by atoms with Crippen molar-refractivity contribution in [2.24, 2.45) is 0 Å². The van der Waals surface area contributed by atoms with E-state index in [2.05, 4.69) is 10.6 Å². The van der Waals surface area contributed by atoms with Gasteiger partial charge >= 0.3 is 0 Å². The Kier molecular flexibility index (Phi) is 6.90. The fourth-order valence-electron chi connectivity index (χ4n) is 2.11. The van der Waals surface area contributed by atoms with Crippen LogP contribution < -0.4 is 20.1 Å². The molecule has 0 aliphatic carbocycles. The third kappa shape index (κ3) is 5.58. The number of carbonyl (C=O) groups excluding carboxylic acids is 1. The second-order valence-electron chi connectivity index (χ2n) is 4.97. The number of benzene rings is 1. The standard InChI is InChI=1S/C17H22N2O3S/c1-21-15-6-5-13(10-16(15)22-2)11-18-8-7-17(20)19-12-14-4-3-9-23-14/h3-6,9-10,18H,7-8,11-12H2,1-2H3,(H,19,20). The number of carbonyl (C=O) groups is 1. The molecule has 6 heteroatoms. The molecule has 0 fully saturated rings. The number of nitrogens with one attached hydrogen (secondary N) is 2. The first-order chi connectivity index (χ1) is 11.2.